The van der Waals surface area contributed by atoms with Crippen LogP contribution in [-0.2, 0) is 13.5 Å². The highest BCUT2D eigenvalue weighted by Crippen LogP contribution is 2.69. The number of nitrogens with zero attached hydrogens (tertiary/aromatic N) is 2. The molecule has 0 bridgehead atoms. The highest BCUT2D eigenvalue weighted by molar-refractivity contribution is 9.10. The van der Waals surface area contributed by atoms with E-state index in [0.29, 0.717) is 16.7 Å². The lowest BCUT2D eigenvalue weighted by molar-refractivity contribution is 0.457. The van der Waals surface area contributed by atoms with Gasteiger partial charge < -0.3 is 5.73 Å². The number of rotatable bonds is 3. The van der Waals surface area contributed by atoms with Gasteiger partial charge in [-0.3, -0.25) is 4.68 Å². The van der Waals surface area contributed by atoms with Crippen molar-refractivity contribution in [3.63, 3.8) is 0 Å². The highest BCUT2D eigenvalue weighted by atomic mass is 79.9. The molecule has 1 aliphatic carbocycles. The average molecular weight is 314 g/mol. The number of nitrogens with two attached hydrogens (primary N) is 1. The maximum Gasteiger partial charge on any atom is 0.0738 e. The molecule has 1 aromatic heterocycles. The quantitative estimate of drug-likeness (QED) is 0.932. The van der Waals surface area contributed by atoms with Crippen LogP contribution in [0.15, 0.2) is 4.47 Å². The van der Waals surface area contributed by atoms with Gasteiger partial charge in [0.05, 0.1) is 15.9 Å². The first-order valence-corrected chi connectivity index (χ1v) is 7.33. The zero-order valence-corrected chi connectivity index (χ0v) is 13.8. The minimum atomic E-state index is 0.195. The van der Waals surface area contributed by atoms with Crippen LogP contribution in [0.2, 0.25) is 0 Å². The standard InChI is InChI=1S/C14H24BrN3/c1-8-11(15)10(18(6)17-8)7-9(16)12-13(2,3)14(12,4)5/h9,12H,7,16H2,1-6H3. The second-order valence-electron chi connectivity index (χ2n) is 6.76. The molecular weight excluding hydrogens is 290 g/mol. The summed E-state index contributed by atoms with van der Waals surface area (Å²) in [6.07, 6.45) is 0.884. The summed E-state index contributed by atoms with van der Waals surface area (Å²) < 4.78 is 3.05. The highest BCUT2D eigenvalue weighted by Gasteiger charge is 2.66. The Bertz CT molecular complexity index is 460. The fourth-order valence-electron chi connectivity index (χ4n) is 3.56. The molecule has 1 fully saturated rings. The largest absolute Gasteiger partial charge is 0.327 e. The van der Waals surface area contributed by atoms with Crippen LogP contribution in [0.25, 0.3) is 0 Å². The Morgan fingerprint density at radius 3 is 2.17 bits per heavy atom. The molecule has 0 amide bonds. The summed E-state index contributed by atoms with van der Waals surface area (Å²) in [5, 5.41) is 4.43. The summed E-state index contributed by atoms with van der Waals surface area (Å²) in [7, 11) is 1.99. The van der Waals surface area contributed by atoms with Crippen molar-refractivity contribution in [1.82, 2.24) is 9.78 Å². The van der Waals surface area contributed by atoms with E-state index in [2.05, 4.69) is 48.7 Å². The number of halogens is 1. The first-order valence-electron chi connectivity index (χ1n) is 6.54. The van der Waals surface area contributed by atoms with Crippen LogP contribution in [0.5, 0.6) is 0 Å². The number of hydrogen-bond donors (Lipinski definition) is 1. The molecule has 0 radical (unpaired) electrons. The summed E-state index contributed by atoms with van der Waals surface area (Å²) in [5.74, 6) is 0.576. The van der Waals surface area contributed by atoms with E-state index in [-0.39, 0.29) is 6.04 Å². The Balaban J connectivity index is 2.17. The molecule has 102 valence electrons. The average Bonchev–Trinajstić information content (AvgIpc) is 2.51. The van der Waals surface area contributed by atoms with Crippen LogP contribution in [0.3, 0.4) is 0 Å². The monoisotopic (exact) mass is 313 g/mol. The van der Waals surface area contributed by atoms with Crippen molar-refractivity contribution in [2.45, 2.75) is 47.1 Å². The molecule has 0 aliphatic heterocycles. The van der Waals surface area contributed by atoms with Crippen LogP contribution >= 0.6 is 15.9 Å². The van der Waals surface area contributed by atoms with Gasteiger partial charge in [-0.05, 0) is 39.6 Å². The Hall–Kier alpha value is -0.350. The SMILES string of the molecule is Cc1nn(C)c(CC(N)C2C(C)(C)C2(C)C)c1Br. The van der Waals surface area contributed by atoms with E-state index in [0.717, 1.165) is 16.6 Å². The Kier molecular flexibility index (Phi) is 3.18. The summed E-state index contributed by atoms with van der Waals surface area (Å²) >= 11 is 3.62. The second kappa shape index (κ2) is 4.07. The Labute approximate surface area is 118 Å². The van der Waals surface area contributed by atoms with Crippen molar-refractivity contribution in [2.75, 3.05) is 0 Å². The normalized spacial score (nSPS) is 23.1. The van der Waals surface area contributed by atoms with Crippen LogP contribution < -0.4 is 5.73 Å². The van der Waals surface area contributed by atoms with Gasteiger partial charge in [-0.15, -0.1) is 0 Å². The van der Waals surface area contributed by atoms with Crippen molar-refractivity contribution in [2.24, 2.45) is 29.5 Å². The third-order valence-electron chi connectivity index (χ3n) is 5.25. The van der Waals surface area contributed by atoms with Gasteiger partial charge in [-0.1, -0.05) is 27.7 Å². The van der Waals surface area contributed by atoms with Crippen LogP contribution in [0, 0.1) is 23.7 Å². The van der Waals surface area contributed by atoms with Gasteiger partial charge in [-0.2, -0.15) is 5.10 Å². The van der Waals surface area contributed by atoms with Crippen LogP contribution in [0.1, 0.15) is 39.1 Å². The molecule has 2 rings (SSSR count). The van der Waals surface area contributed by atoms with Gasteiger partial charge >= 0.3 is 0 Å². The molecule has 1 atom stereocenters. The fourth-order valence-corrected chi connectivity index (χ4v) is 4.06. The maximum atomic E-state index is 6.45. The molecule has 1 unspecified atom stereocenters. The molecule has 18 heavy (non-hydrogen) atoms. The molecule has 0 spiro atoms. The van der Waals surface area contributed by atoms with Gasteiger partial charge in [0.25, 0.3) is 0 Å². The first kappa shape index (κ1) is 14.1. The van der Waals surface area contributed by atoms with E-state index < -0.39 is 0 Å². The molecular formula is C14H24BrN3. The molecule has 0 aromatic carbocycles. The summed E-state index contributed by atoms with van der Waals surface area (Å²) in [6, 6.07) is 0.195. The zero-order valence-electron chi connectivity index (χ0n) is 12.2. The van der Waals surface area contributed by atoms with Crippen molar-refractivity contribution in [1.29, 1.82) is 0 Å². The van der Waals surface area contributed by atoms with Crippen molar-refractivity contribution in [3.05, 3.63) is 15.9 Å². The summed E-state index contributed by atoms with van der Waals surface area (Å²) in [6.45, 7) is 11.3. The Morgan fingerprint density at radius 1 is 1.33 bits per heavy atom. The lowest BCUT2D eigenvalue weighted by atomic mass is 10.0. The zero-order chi connectivity index (χ0) is 13.9. The van der Waals surface area contributed by atoms with Crippen molar-refractivity contribution >= 4 is 15.9 Å². The van der Waals surface area contributed by atoms with Gasteiger partial charge in [0.15, 0.2) is 0 Å². The second-order valence-corrected chi connectivity index (χ2v) is 7.55. The smallest absolute Gasteiger partial charge is 0.0738 e. The third-order valence-corrected chi connectivity index (χ3v) is 6.28. The lowest BCUT2D eigenvalue weighted by Gasteiger charge is -2.14. The summed E-state index contributed by atoms with van der Waals surface area (Å²) in [4.78, 5) is 0. The van der Waals surface area contributed by atoms with Crippen LogP contribution in [0.4, 0.5) is 0 Å². The Morgan fingerprint density at radius 2 is 1.83 bits per heavy atom. The van der Waals surface area contributed by atoms with E-state index in [1.807, 2.05) is 18.7 Å². The number of aromatic nitrogens is 2. The fraction of sp³-hybridized carbons (Fsp3) is 0.786. The van der Waals surface area contributed by atoms with E-state index in [1.165, 1.54) is 5.69 Å². The molecule has 1 aromatic rings. The maximum absolute atomic E-state index is 6.45. The predicted molar refractivity (Wildman–Crippen MR) is 78.4 cm³/mol. The lowest BCUT2D eigenvalue weighted by Crippen LogP contribution is -2.29. The predicted octanol–water partition coefficient (Wildman–Crippen LogP) is 3.04. The molecule has 1 heterocycles. The molecule has 1 saturated carbocycles. The van der Waals surface area contributed by atoms with Gasteiger partial charge in [0.2, 0.25) is 0 Å². The van der Waals surface area contributed by atoms with Crippen molar-refractivity contribution < 1.29 is 0 Å². The van der Waals surface area contributed by atoms with Gasteiger partial charge in [0.1, 0.15) is 0 Å². The number of aryl methyl sites for hydroxylation is 2. The summed E-state index contributed by atoms with van der Waals surface area (Å²) in [5.41, 5.74) is 9.37. The molecule has 0 saturated heterocycles. The number of hydrogen-bond acceptors (Lipinski definition) is 2. The van der Waals surface area contributed by atoms with Gasteiger partial charge in [-0.25, -0.2) is 0 Å². The molecule has 2 N–H and O–H groups in total. The van der Waals surface area contributed by atoms with E-state index >= 15 is 0 Å². The molecule has 4 heteroatoms. The van der Waals surface area contributed by atoms with E-state index in [9.17, 15) is 0 Å². The van der Waals surface area contributed by atoms with Gasteiger partial charge in [0, 0.05) is 19.5 Å². The minimum absolute atomic E-state index is 0.195. The van der Waals surface area contributed by atoms with Crippen molar-refractivity contribution in [3.8, 4) is 0 Å². The van der Waals surface area contributed by atoms with E-state index in [1.54, 1.807) is 0 Å². The molecule has 3 nitrogen and oxygen atoms in total. The minimum Gasteiger partial charge on any atom is -0.327 e. The third kappa shape index (κ3) is 1.85. The van der Waals surface area contributed by atoms with Crippen LogP contribution in [-0.4, -0.2) is 15.8 Å². The molecule has 1 aliphatic rings. The van der Waals surface area contributed by atoms with E-state index in [4.69, 9.17) is 5.73 Å². The first-order chi connectivity index (χ1) is 8.10. The topological polar surface area (TPSA) is 43.8 Å².